The predicted octanol–water partition coefficient (Wildman–Crippen LogP) is 2.24. The largest absolute Gasteiger partial charge is 0.368 e. The highest BCUT2D eigenvalue weighted by atomic mass is 16.2. The maximum atomic E-state index is 12.2. The second-order valence-electron chi connectivity index (χ2n) is 5.66. The second-order valence-corrected chi connectivity index (χ2v) is 5.66. The molecule has 2 N–H and O–H groups in total. The maximum Gasteiger partial charge on any atom is 0.222 e. The molecule has 1 aliphatic rings. The van der Waals surface area contributed by atoms with E-state index in [0.717, 1.165) is 58.4 Å². The number of hydrogen-bond donors (Lipinski definition) is 1. The lowest BCUT2D eigenvalue weighted by Crippen LogP contribution is -2.48. The summed E-state index contributed by atoms with van der Waals surface area (Å²) >= 11 is 0. The first kappa shape index (κ1) is 15.8. The zero-order chi connectivity index (χ0) is 14.9. The summed E-state index contributed by atoms with van der Waals surface area (Å²) in [6.07, 6.45) is 5.02. The van der Waals surface area contributed by atoms with E-state index in [1.807, 2.05) is 11.0 Å². The van der Waals surface area contributed by atoms with Crippen LogP contribution >= 0.6 is 0 Å². The molecule has 1 amide bonds. The minimum Gasteiger partial charge on any atom is -0.368 e. The second kappa shape index (κ2) is 8.67. The van der Waals surface area contributed by atoms with Gasteiger partial charge in [-0.25, -0.2) is 0 Å². The normalized spacial score (nSPS) is 15.3. The Labute approximate surface area is 127 Å². The molecule has 116 valence electrons. The van der Waals surface area contributed by atoms with Crippen LogP contribution in [0.1, 0.15) is 32.1 Å². The van der Waals surface area contributed by atoms with E-state index in [-0.39, 0.29) is 0 Å². The lowest BCUT2D eigenvalue weighted by atomic mass is 10.1. The van der Waals surface area contributed by atoms with Crippen molar-refractivity contribution in [2.45, 2.75) is 32.1 Å². The van der Waals surface area contributed by atoms with Crippen LogP contribution < -0.4 is 10.6 Å². The van der Waals surface area contributed by atoms with Crippen LogP contribution in [0, 0.1) is 0 Å². The Balaban J connectivity index is 1.67. The molecule has 2 rings (SSSR count). The van der Waals surface area contributed by atoms with Gasteiger partial charge in [-0.05, 0) is 31.5 Å². The molecule has 1 saturated heterocycles. The molecule has 0 unspecified atom stereocenters. The van der Waals surface area contributed by atoms with E-state index in [9.17, 15) is 4.79 Å². The Kier molecular flexibility index (Phi) is 6.54. The number of carbonyl (C=O) groups excluding carboxylic acids is 1. The van der Waals surface area contributed by atoms with Crippen molar-refractivity contribution >= 4 is 11.6 Å². The lowest BCUT2D eigenvalue weighted by molar-refractivity contribution is -0.131. The van der Waals surface area contributed by atoms with Gasteiger partial charge in [0.25, 0.3) is 0 Å². The molecule has 1 aromatic rings. The molecule has 1 aromatic carbocycles. The van der Waals surface area contributed by atoms with Gasteiger partial charge in [-0.3, -0.25) is 4.79 Å². The Morgan fingerprint density at radius 1 is 0.952 bits per heavy atom. The summed E-state index contributed by atoms with van der Waals surface area (Å²) in [5.41, 5.74) is 6.72. The van der Waals surface area contributed by atoms with E-state index in [2.05, 4.69) is 29.2 Å². The fourth-order valence-electron chi connectivity index (χ4n) is 2.79. The quantitative estimate of drug-likeness (QED) is 0.783. The topological polar surface area (TPSA) is 49.6 Å². The molecule has 0 saturated carbocycles. The molecule has 0 radical (unpaired) electrons. The van der Waals surface area contributed by atoms with Crippen molar-refractivity contribution in [1.82, 2.24) is 4.90 Å². The molecule has 0 spiro atoms. The molecule has 0 aliphatic carbocycles. The third-order valence-electron chi connectivity index (χ3n) is 4.10. The standard InChI is InChI=1S/C17H27N3O/c18-11-7-2-1-6-10-17(21)20-14-12-19(13-15-20)16-8-4-3-5-9-16/h3-5,8-9H,1-2,6-7,10-15,18H2. The SMILES string of the molecule is NCCCCCCC(=O)N1CCN(c2ccccc2)CC1. The first-order valence-electron chi connectivity index (χ1n) is 8.09. The van der Waals surface area contributed by atoms with Crippen molar-refractivity contribution < 1.29 is 4.79 Å². The molecule has 1 heterocycles. The van der Waals surface area contributed by atoms with Crippen molar-refractivity contribution in [3.63, 3.8) is 0 Å². The third-order valence-corrected chi connectivity index (χ3v) is 4.10. The number of para-hydroxylation sites is 1. The Morgan fingerprint density at radius 3 is 2.29 bits per heavy atom. The summed E-state index contributed by atoms with van der Waals surface area (Å²) in [6, 6.07) is 10.4. The molecule has 0 atom stereocenters. The van der Waals surface area contributed by atoms with Crippen LogP contribution in [0.5, 0.6) is 0 Å². The molecule has 0 bridgehead atoms. The van der Waals surface area contributed by atoms with Crippen LogP contribution in [0.3, 0.4) is 0 Å². The summed E-state index contributed by atoms with van der Waals surface area (Å²) < 4.78 is 0. The van der Waals surface area contributed by atoms with Gasteiger partial charge < -0.3 is 15.5 Å². The first-order valence-corrected chi connectivity index (χ1v) is 8.09. The molecule has 21 heavy (non-hydrogen) atoms. The summed E-state index contributed by atoms with van der Waals surface area (Å²) in [5.74, 6) is 0.315. The Bertz CT molecular complexity index is 413. The molecule has 4 nitrogen and oxygen atoms in total. The predicted molar refractivity (Wildman–Crippen MR) is 87.4 cm³/mol. The van der Waals surface area contributed by atoms with E-state index in [1.165, 1.54) is 5.69 Å². The van der Waals surface area contributed by atoms with Gasteiger partial charge in [-0.15, -0.1) is 0 Å². The van der Waals surface area contributed by atoms with E-state index in [1.54, 1.807) is 0 Å². The summed E-state index contributed by atoms with van der Waals surface area (Å²) in [7, 11) is 0. The average molecular weight is 289 g/mol. The number of benzene rings is 1. The number of unbranched alkanes of at least 4 members (excludes halogenated alkanes) is 3. The van der Waals surface area contributed by atoms with Crippen LogP contribution in [0.4, 0.5) is 5.69 Å². The van der Waals surface area contributed by atoms with Crippen LogP contribution in [0.15, 0.2) is 30.3 Å². The van der Waals surface area contributed by atoms with E-state index >= 15 is 0 Å². The minimum absolute atomic E-state index is 0.315. The van der Waals surface area contributed by atoms with Gasteiger partial charge in [-0.1, -0.05) is 31.0 Å². The molecule has 1 fully saturated rings. The molecular formula is C17H27N3O. The smallest absolute Gasteiger partial charge is 0.222 e. The third kappa shape index (κ3) is 5.05. The van der Waals surface area contributed by atoms with Crippen molar-refractivity contribution in [2.75, 3.05) is 37.6 Å². The highest BCUT2D eigenvalue weighted by Crippen LogP contribution is 2.16. The number of carbonyl (C=O) groups is 1. The summed E-state index contributed by atoms with van der Waals surface area (Å²) in [5, 5.41) is 0. The maximum absolute atomic E-state index is 12.2. The number of nitrogens with zero attached hydrogens (tertiary/aromatic N) is 2. The molecule has 1 aliphatic heterocycles. The van der Waals surface area contributed by atoms with Gasteiger partial charge in [0.2, 0.25) is 5.91 Å². The van der Waals surface area contributed by atoms with Crippen LogP contribution in [-0.4, -0.2) is 43.5 Å². The summed E-state index contributed by atoms with van der Waals surface area (Å²) in [6.45, 7) is 4.31. The van der Waals surface area contributed by atoms with E-state index in [4.69, 9.17) is 5.73 Å². The minimum atomic E-state index is 0.315. The van der Waals surface area contributed by atoms with Crippen molar-refractivity contribution in [3.05, 3.63) is 30.3 Å². The highest BCUT2D eigenvalue weighted by Gasteiger charge is 2.20. The first-order chi connectivity index (χ1) is 10.3. The monoisotopic (exact) mass is 289 g/mol. The van der Waals surface area contributed by atoms with E-state index < -0.39 is 0 Å². The molecular weight excluding hydrogens is 262 g/mol. The van der Waals surface area contributed by atoms with Crippen LogP contribution in [0.25, 0.3) is 0 Å². The number of nitrogens with two attached hydrogens (primary N) is 1. The van der Waals surface area contributed by atoms with Crippen molar-refractivity contribution in [3.8, 4) is 0 Å². The zero-order valence-corrected chi connectivity index (χ0v) is 12.8. The lowest BCUT2D eigenvalue weighted by Gasteiger charge is -2.36. The Morgan fingerprint density at radius 2 is 1.62 bits per heavy atom. The van der Waals surface area contributed by atoms with Crippen LogP contribution in [0.2, 0.25) is 0 Å². The van der Waals surface area contributed by atoms with E-state index in [0.29, 0.717) is 12.3 Å². The number of rotatable bonds is 7. The number of amides is 1. The molecule has 0 aromatic heterocycles. The van der Waals surface area contributed by atoms with Gasteiger partial charge in [0.05, 0.1) is 0 Å². The van der Waals surface area contributed by atoms with Gasteiger partial charge in [0.15, 0.2) is 0 Å². The van der Waals surface area contributed by atoms with Gasteiger partial charge >= 0.3 is 0 Å². The average Bonchev–Trinajstić information content (AvgIpc) is 2.55. The molecule has 4 heteroatoms. The Hall–Kier alpha value is -1.55. The van der Waals surface area contributed by atoms with Gasteiger partial charge in [0.1, 0.15) is 0 Å². The van der Waals surface area contributed by atoms with Gasteiger partial charge in [-0.2, -0.15) is 0 Å². The van der Waals surface area contributed by atoms with Gasteiger partial charge in [0, 0.05) is 38.3 Å². The number of anilines is 1. The van der Waals surface area contributed by atoms with Crippen LogP contribution in [-0.2, 0) is 4.79 Å². The number of piperazine rings is 1. The fourth-order valence-corrected chi connectivity index (χ4v) is 2.79. The van der Waals surface area contributed by atoms with Crippen molar-refractivity contribution in [1.29, 1.82) is 0 Å². The highest BCUT2D eigenvalue weighted by molar-refractivity contribution is 5.76. The summed E-state index contributed by atoms with van der Waals surface area (Å²) in [4.78, 5) is 16.5. The fraction of sp³-hybridized carbons (Fsp3) is 0.588. The van der Waals surface area contributed by atoms with Crippen molar-refractivity contribution in [2.24, 2.45) is 5.73 Å². The zero-order valence-electron chi connectivity index (χ0n) is 12.8. The number of hydrogen-bond acceptors (Lipinski definition) is 3.